The van der Waals surface area contributed by atoms with Gasteiger partial charge in [0, 0.05) is 32.2 Å². The summed E-state index contributed by atoms with van der Waals surface area (Å²) in [5.74, 6) is -1.33. The van der Waals surface area contributed by atoms with Gasteiger partial charge in [-0.2, -0.15) is 0 Å². The Labute approximate surface area is 167 Å². The van der Waals surface area contributed by atoms with E-state index in [0.29, 0.717) is 37.1 Å². The van der Waals surface area contributed by atoms with Gasteiger partial charge in [0.15, 0.2) is 0 Å². The first-order valence-electron chi connectivity index (χ1n) is 9.76. The van der Waals surface area contributed by atoms with Crippen molar-refractivity contribution in [1.82, 2.24) is 24.7 Å². The van der Waals surface area contributed by atoms with E-state index in [1.165, 1.54) is 15.8 Å². The van der Waals surface area contributed by atoms with E-state index in [1.54, 1.807) is 17.0 Å². The van der Waals surface area contributed by atoms with Gasteiger partial charge in [-0.25, -0.2) is 4.98 Å². The van der Waals surface area contributed by atoms with Gasteiger partial charge in [-0.15, -0.1) is 0 Å². The van der Waals surface area contributed by atoms with E-state index >= 15 is 0 Å². The summed E-state index contributed by atoms with van der Waals surface area (Å²) < 4.78 is 1.31. The molecule has 1 aliphatic carbocycles. The molecule has 2 aromatic rings. The summed E-state index contributed by atoms with van der Waals surface area (Å²) in [7, 11) is 0. The van der Waals surface area contributed by atoms with E-state index in [0.717, 1.165) is 18.4 Å². The average Bonchev–Trinajstić information content (AvgIpc) is 3.54. The zero-order valence-electron chi connectivity index (χ0n) is 16.3. The fourth-order valence-corrected chi connectivity index (χ4v) is 3.47. The van der Waals surface area contributed by atoms with Crippen molar-refractivity contribution in [2.45, 2.75) is 32.4 Å². The minimum Gasteiger partial charge on any atom is -0.345 e. The molecule has 1 aromatic carbocycles. The molecule has 9 heteroatoms. The van der Waals surface area contributed by atoms with Crippen molar-refractivity contribution in [1.29, 1.82) is 0 Å². The highest BCUT2D eigenvalue weighted by Gasteiger charge is 2.31. The lowest BCUT2D eigenvalue weighted by Gasteiger charge is -2.34. The van der Waals surface area contributed by atoms with Crippen molar-refractivity contribution in [3.05, 3.63) is 40.4 Å². The minimum absolute atomic E-state index is 0.105. The van der Waals surface area contributed by atoms with Crippen LogP contribution in [0.15, 0.2) is 29.3 Å². The van der Waals surface area contributed by atoms with E-state index in [-0.39, 0.29) is 24.1 Å². The molecule has 2 aliphatic rings. The highest BCUT2D eigenvalue weighted by molar-refractivity contribution is 6.35. The van der Waals surface area contributed by atoms with Crippen LogP contribution in [0.1, 0.15) is 18.4 Å². The number of carbonyl (C=O) groups is 3. The van der Waals surface area contributed by atoms with Gasteiger partial charge in [0.25, 0.3) is 5.56 Å². The van der Waals surface area contributed by atoms with Crippen LogP contribution in [0.3, 0.4) is 0 Å². The third-order valence-corrected chi connectivity index (χ3v) is 5.39. The Morgan fingerprint density at radius 1 is 1.10 bits per heavy atom. The molecule has 9 nitrogen and oxygen atoms in total. The fraction of sp³-hybridized carbons (Fsp3) is 0.450. The van der Waals surface area contributed by atoms with Crippen molar-refractivity contribution in [3.63, 3.8) is 0 Å². The predicted octanol–water partition coefficient (Wildman–Crippen LogP) is -0.346. The third-order valence-electron chi connectivity index (χ3n) is 5.39. The molecular formula is C20H23N5O4. The molecule has 1 saturated heterocycles. The summed E-state index contributed by atoms with van der Waals surface area (Å²) in [6.07, 6.45) is 3.24. The maximum Gasteiger partial charge on any atom is 0.312 e. The van der Waals surface area contributed by atoms with Crippen LogP contribution in [0.2, 0.25) is 0 Å². The second-order valence-corrected chi connectivity index (χ2v) is 7.57. The molecule has 2 heterocycles. The van der Waals surface area contributed by atoms with E-state index in [4.69, 9.17) is 0 Å². The first-order valence-corrected chi connectivity index (χ1v) is 9.76. The first-order chi connectivity index (χ1) is 13.9. The van der Waals surface area contributed by atoms with Gasteiger partial charge in [0.2, 0.25) is 5.91 Å². The highest BCUT2D eigenvalue weighted by atomic mass is 16.2. The molecule has 1 saturated carbocycles. The molecule has 3 amide bonds. The smallest absolute Gasteiger partial charge is 0.312 e. The predicted molar refractivity (Wildman–Crippen MR) is 105 cm³/mol. The van der Waals surface area contributed by atoms with E-state index in [1.807, 2.05) is 13.0 Å². The number of rotatable bonds is 3. The molecule has 0 unspecified atom stereocenters. The number of para-hydroxylation sites is 1. The second-order valence-electron chi connectivity index (χ2n) is 7.57. The molecule has 0 bridgehead atoms. The summed E-state index contributed by atoms with van der Waals surface area (Å²) in [6, 6.07) is 5.51. The minimum atomic E-state index is -0.573. The topological polar surface area (TPSA) is 105 Å². The number of piperazine rings is 1. The molecule has 0 spiro atoms. The summed E-state index contributed by atoms with van der Waals surface area (Å²) in [5, 5.41) is 3.17. The van der Waals surface area contributed by atoms with E-state index in [9.17, 15) is 19.2 Å². The van der Waals surface area contributed by atoms with E-state index in [2.05, 4.69) is 10.3 Å². The lowest BCUT2D eigenvalue weighted by Crippen LogP contribution is -2.54. The van der Waals surface area contributed by atoms with Crippen molar-refractivity contribution in [2.24, 2.45) is 0 Å². The number of hydrogen-bond donors (Lipinski definition) is 1. The Morgan fingerprint density at radius 2 is 1.79 bits per heavy atom. The molecule has 4 rings (SSSR count). The SMILES string of the molecule is Cc1cccc2c(=O)n(CC(=O)N3CCN(C(=O)C(=O)NC4CC4)CC3)cnc12. The number of aryl methyl sites for hydroxylation is 1. The van der Waals surface area contributed by atoms with Crippen molar-refractivity contribution in [3.8, 4) is 0 Å². The third kappa shape index (κ3) is 3.98. The lowest BCUT2D eigenvalue weighted by molar-refractivity contribution is -0.148. The number of benzene rings is 1. The average molecular weight is 397 g/mol. The van der Waals surface area contributed by atoms with Gasteiger partial charge >= 0.3 is 11.8 Å². The summed E-state index contributed by atoms with van der Waals surface area (Å²) >= 11 is 0. The van der Waals surface area contributed by atoms with Crippen LogP contribution in [-0.2, 0) is 20.9 Å². The Balaban J connectivity index is 1.37. The number of nitrogens with zero attached hydrogens (tertiary/aromatic N) is 4. The summed E-state index contributed by atoms with van der Waals surface area (Å²) in [5.41, 5.74) is 1.29. The lowest BCUT2D eigenvalue weighted by atomic mass is 10.1. The maximum atomic E-state index is 12.7. The van der Waals surface area contributed by atoms with Crippen LogP contribution in [-0.4, -0.2) is 69.3 Å². The largest absolute Gasteiger partial charge is 0.345 e. The Bertz CT molecular complexity index is 1030. The van der Waals surface area contributed by atoms with Gasteiger partial charge in [-0.3, -0.25) is 23.7 Å². The molecule has 1 aliphatic heterocycles. The maximum absolute atomic E-state index is 12.7. The Hall–Kier alpha value is -3.23. The van der Waals surface area contributed by atoms with Crippen molar-refractivity contribution in [2.75, 3.05) is 26.2 Å². The Morgan fingerprint density at radius 3 is 2.48 bits per heavy atom. The zero-order valence-corrected chi connectivity index (χ0v) is 16.3. The monoisotopic (exact) mass is 397 g/mol. The van der Waals surface area contributed by atoms with Gasteiger partial charge in [-0.1, -0.05) is 12.1 Å². The Kier molecular flexibility index (Phi) is 5.04. The number of nitrogens with one attached hydrogen (secondary N) is 1. The number of amides is 3. The fourth-order valence-electron chi connectivity index (χ4n) is 3.47. The van der Waals surface area contributed by atoms with Crippen molar-refractivity contribution < 1.29 is 14.4 Å². The highest BCUT2D eigenvalue weighted by Crippen LogP contribution is 2.18. The van der Waals surface area contributed by atoms with Gasteiger partial charge in [0.05, 0.1) is 17.2 Å². The molecule has 0 radical (unpaired) electrons. The summed E-state index contributed by atoms with van der Waals surface area (Å²) in [4.78, 5) is 56.8. The van der Waals surface area contributed by atoms with Gasteiger partial charge in [-0.05, 0) is 31.4 Å². The van der Waals surface area contributed by atoms with Crippen LogP contribution < -0.4 is 10.9 Å². The normalized spacial score (nSPS) is 16.7. The quantitative estimate of drug-likeness (QED) is 0.713. The van der Waals surface area contributed by atoms with E-state index < -0.39 is 11.8 Å². The van der Waals surface area contributed by atoms with Crippen LogP contribution >= 0.6 is 0 Å². The molecular weight excluding hydrogens is 374 g/mol. The summed E-state index contributed by atoms with van der Waals surface area (Å²) in [6.45, 7) is 3.04. The molecule has 1 aromatic heterocycles. The number of carbonyl (C=O) groups excluding carboxylic acids is 3. The molecule has 29 heavy (non-hydrogen) atoms. The second kappa shape index (κ2) is 7.65. The van der Waals surface area contributed by atoms with Crippen LogP contribution in [0.4, 0.5) is 0 Å². The molecule has 1 N–H and O–H groups in total. The zero-order chi connectivity index (χ0) is 20.5. The van der Waals surface area contributed by atoms with Gasteiger partial charge < -0.3 is 15.1 Å². The molecule has 0 atom stereocenters. The first kappa shape index (κ1) is 19.1. The standard InChI is InChI=1S/C20H23N5O4/c1-13-3-2-4-15-17(13)21-12-25(19(15)28)11-16(26)23-7-9-24(10-8-23)20(29)18(27)22-14-5-6-14/h2-4,12,14H,5-11H2,1H3,(H,22,27). The molecule has 152 valence electrons. The number of hydrogen-bond acceptors (Lipinski definition) is 5. The van der Waals surface area contributed by atoms with Crippen LogP contribution in [0.25, 0.3) is 10.9 Å². The van der Waals surface area contributed by atoms with Gasteiger partial charge in [0.1, 0.15) is 6.54 Å². The molecule has 2 fully saturated rings. The van der Waals surface area contributed by atoms with Crippen LogP contribution in [0.5, 0.6) is 0 Å². The number of fused-ring (bicyclic) bond motifs is 1. The van der Waals surface area contributed by atoms with Crippen molar-refractivity contribution >= 4 is 28.6 Å². The van der Waals surface area contributed by atoms with Crippen LogP contribution in [0, 0.1) is 6.92 Å². The number of aromatic nitrogens is 2.